The first-order valence-electron chi connectivity index (χ1n) is 6.50. The van der Waals surface area contributed by atoms with Gasteiger partial charge in [-0.1, -0.05) is 13.8 Å². The van der Waals surface area contributed by atoms with Gasteiger partial charge in [-0.15, -0.1) is 0 Å². The van der Waals surface area contributed by atoms with Gasteiger partial charge < -0.3 is 9.64 Å². The Labute approximate surface area is 120 Å². The van der Waals surface area contributed by atoms with Gasteiger partial charge in [-0.05, 0) is 19.2 Å². The summed E-state index contributed by atoms with van der Waals surface area (Å²) in [4.78, 5) is 11.7. The molecule has 0 N–H and O–H groups in total. The van der Waals surface area contributed by atoms with Crippen LogP contribution in [0.4, 0.5) is 18.9 Å². The quantitative estimate of drug-likeness (QED) is 0.573. The minimum atomic E-state index is -4.70. The van der Waals surface area contributed by atoms with Crippen LogP contribution in [0, 0.1) is 10.1 Å². The molecule has 0 aromatic heterocycles. The van der Waals surface area contributed by atoms with Gasteiger partial charge in [-0.3, -0.25) is 10.1 Å². The van der Waals surface area contributed by atoms with Crippen LogP contribution in [0.2, 0.25) is 0 Å². The van der Waals surface area contributed by atoms with Crippen molar-refractivity contribution in [3.05, 3.63) is 33.9 Å². The van der Waals surface area contributed by atoms with E-state index in [0.717, 1.165) is 25.2 Å². The molecule has 0 bridgehead atoms. The highest BCUT2D eigenvalue weighted by Gasteiger charge is 2.36. The van der Waals surface area contributed by atoms with Crippen molar-refractivity contribution in [2.75, 3.05) is 26.2 Å². The predicted molar refractivity (Wildman–Crippen MR) is 71.4 cm³/mol. The molecule has 0 heterocycles. The fourth-order valence-corrected chi connectivity index (χ4v) is 1.80. The Hall–Kier alpha value is -1.83. The normalized spacial score (nSPS) is 11.7. The summed E-state index contributed by atoms with van der Waals surface area (Å²) in [6.07, 6.45) is -4.70. The van der Waals surface area contributed by atoms with Crippen molar-refractivity contribution < 1.29 is 22.8 Å². The summed E-state index contributed by atoms with van der Waals surface area (Å²) in [6, 6.07) is 2.48. The number of hydrogen-bond acceptors (Lipinski definition) is 4. The van der Waals surface area contributed by atoms with Crippen molar-refractivity contribution in [2.24, 2.45) is 0 Å². The van der Waals surface area contributed by atoms with Crippen LogP contribution in [-0.2, 0) is 6.18 Å². The number of hydrogen-bond donors (Lipinski definition) is 0. The van der Waals surface area contributed by atoms with E-state index in [1.807, 2.05) is 18.7 Å². The summed E-state index contributed by atoms with van der Waals surface area (Å²) < 4.78 is 43.8. The summed E-state index contributed by atoms with van der Waals surface area (Å²) in [5, 5.41) is 10.6. The highest BCUT2D eigenvalue weighted by Crippen LogP contribution is 2.38. The second-order valence-electron chi connectivity index (χ2n) is 4.31. The van der Waals surface area contributed by atoms with Crippen LogP contribution in [0.15, 0.2) is 18.2 Å². The maximum absolute atomic E-state index is 12.9. The second kappa shape index (κ2) is 7.26. The third-order valence-electron chi connectivity index (χ3n) is 3.04. The van der Waals surface area contributed by atoms with Crippen LogP contribution in [0.5, 0.6) is 5.75 Å². The third-order valence-corrected chi connectivity index (χ3v) is 3.04. The van der Waals surface area contributed by atoms with E-state index in [-0.39, 0.29) is 12.4 Å². The lowest BCUT2D eigenvalue weighted by molar-refractivity contribution is -0.385. The fraction of sp³-hybridized carbons (Fsp3) is 0.538. The van der Waals surface area contributed by atoms with E-state index in [1.165, 1.54) is 0 Å². The molecule has 21 heavy (non-hydrogen) atoms. The van der Waals surface area contributed by atoms with E-state index >= 15 is 0 Å². The molecule has 0 fully saturated rings. The molecule has 0 radical (unpaired) electrons. The molecule has 1 aromatic carbocycles. The molecule has 0 aliphatic heterocycles. The zero-order valence-electron chi connectivity index (χ0n) is 11.8. The second-order valence-corrected chi connectivity index (χ2v) is 4.31. The third kappa shape index (κ3) is 4.89. The number of rotatable bonds is 7. The standard InChI is InChI=1S/C13H17F3N2O3/c1-3-17(4-2)7-8-21-12-6-5-10(18(19)20)9-11(12)13(14,15)16/h5-6,9H,3-4,7-8H2,1-2H3. The zero-order chi connectivity index (χ0) is 16.0. The summed E-state index contributed by atoms with van der Waals surface area (Å²) in [5.41, 5.74) is -1.74. The molecule has 8 heteroatoms. The zero-order valence-corrected chi connectivity index (χ0v) is 11.8. The number of alkyl halides is 3. The van der Waals surface area contributed by atoms with Gasteiger partial charge in [0, 0.05) is 18.7 Å². The number of nitrogens with zero attached hydrogens (tertiary/aromatic N) is 2. The first-order chi connectivity index (χ1) is 9.79. The number of halogens is 3. The number of non-ortho nitro benzene ring substituents is 1. The smallest absolute Gasteiger partial charge is 0.420 e. The van der Waals surface area contributed by atoms with E-state index in [2.05, 4.69) is 0 Å². The summed E-state index contributed by atoms with van der Waals surface area (Å²) in [7, 11) is 0. The molecule has 1 rings (SSSR count). The average Bonchev–Trinajstić information content (AvgIpc) is 2.42. The summed E-state index contributed by atoms with van der Waals surface area (Å²) in [6.45, 7) is 6.00. The minimum absolute atomic E-state index is 0.0859. The SMILES string of the molecule is CCN(CC)CCOc1ccc([N+](=O)[O-])cc1C(F)(F)F. The maximum Gasteiger partial charge on any atom is 0.420 e. The molecule has 0 aliphatic carbocycles. The van der Waals surface area contributed by atoms with Crippen LogP contribution in [0.25, 0.3) is 0 Å². The lowest BCUT2D eigenvalue weighted by Gasteiger charge is -2.19. The molecular weight excluding hydrogens is 289 g/mol. The molecular formula is C13H17F3N2O3. The molecule has 0 atom stereocenters. The predicted octanol–water partition coefficient (Wildman–Crippen LogP) is 3.33. The first-order valence-corrected chi connectivity index (χ1v) is 6.50. The van der Waals surface area contributed by atoms with Gasteiger partial charge >= 0.3 is 6.18 Å². The van der Waals surface area contributed by atoms with Gasteiger partial charge in [0.25, 0.3) is 5.69 Å². The van der Waals surface area contributed by atoms with Gasteiger partial charge in [-0.25, -0.2) is 0 Å². The largest absolute Gasteiger partial charge is 0.492 e. The van der Waals surface area contributed by atoms with E-state index < -0.39 is 22.4 Å². The number of nitro groups is 1. The molecule has 0 saturated heterocycles. The number of ether oxygens (including phenoxy) is 1. The molecule has 0 spiro atoms. The lowest BCUT2D eigenvalue weighted by atomic mass is 10.1. The molecule has 0 unspecified atom stereocenters. The topological polar surface area (TPSA) is 55.6 Å². The molecule has 0 aliphatic rings. The van der Waals surface area contributed by atoms with Crippen molar-refractivity contribution in [1.29, 1.82) is 0 Å². The van der Waals surface area contributed by atoms with Crippen molar-refractivity contribution >= 4 is 5.69 Å². The van der Waals surface area contributed by atoms with Crippen molar-refractivity contribution in [3.63, 3.8) is 0 Å². The van der Waals surface area contributed by atoms with Crippen LogP contribution >= 0.6 is 0 Å². The highest BCUT2D eigenvalue weighted by molar-refractivity contribution is 5.45. The number of likely N-dealkylation sites (N-methyl/N-ethyl adjacent to an activating group) is 1. The van der Waals surface area contributed by atoms with Crippen LogP contribution < -0.4 is 4.74 Å². The Morgan fingerprint density at radius 2 is 1.90 bits per heavy atom. The van der Waals surface area contributed by atoms with Gasteiger partial charge in [0.15, 0.2) is 0 Å². The van der Waals surface area contributed by atoms with Crippen molar-refractivity contribution in [2.45, 2.75) is 20.0 Å². The van der Waals surface area contributed by atoms with Gasteiger partial charge in [0.05, 0.1) is 4.92 Å². The monoisotopic (exact) mass is 306 g/mol. The van der Waals surface area contributed by atoms with E-state index in [0.29, 0.717) is 12.6 Å². The first kappa shape index (κ1) is 17.2. The molecule has 118 valence electrons. The van der Waals surface area contributed by atoms with Gasteiger partial charge in [0.2, 0.25) is 0 Å². The van der Waals surface area contributed by atoms with Gasteiger partial charge in [0.1, 0.15) is 17.9 Å². The molecule has 0 saturated carbocycles. The minimum Gasteiger partial charge on any atom is -0.492 e. The Morgan fingerprint density at radius 1 is 1.29 bits per heavy atom. The van der Waals surface area contributed by atoms with E-state index in [9.17, 15) is 23.3 Å². The van der Waals surface area contributed by atoms with Crippen molar-refractivity contribution in [1.82, 2.24) is 4.90 Å². The van der Waals surface area contributed by atoms with Crippen LogP contribution in [-0.4, -0.2) is 36.1 Å². The van der Waals surface area contributed by atoms with Gasteiger partial charge in [-0.2, -0.15) is 13.2 Å². The summed E-state index contributed by atoms with van der Waals surface area (Å²) in [5.74, 6) is -0.389. The average molecular weight is 306 g/mol. The fourth-order valence-electron chi connectivity index (χ4n) is 1.80. The Bertz CT molecular complexity index is 488. The number of benzene rings is 1. The number of nitro benzene ring substituents is 1. The lowest BCUT2D eigenvalue weighted by Crippen LogP contribution is -2.28. The van der Waals surface area contributed by atoms with E-state index in [1.54, 1.807) is 0 Å². The van der Waals surface area contributed by atoms with Crippen LogP contribution in [0.3, 0.4) is 0 Å². The Morgan fingerprint density at radius 3 is 2.38 bits per heavy atom. The summed E-state index contributed by atoms with van der Waals surface area (Å²) >= 11 is 0. The maximum atomic E-state index is 12.9. The molecule has 5 nitrogen and oxygen atoms in total. The molecule has 0 amide bonds. The Kier molecular flexibility index (Phi) is 5.95. The van der Waals surface area contributed by atoms with Crippen LogP contribution in [0.1, 0.15) is 19.4 Å². The molecule has 1 aromatic rings. The van der Waals surface area contributed by atoms with Crippen molar-refractivity contribution in [3.8, 4) is 5.75 Å². The Balaban J connectivity index is 2.88. The van der Waals surface area contributed by atoms with E-state index in [4.69, 9.17) is 4.74 Å². The highest BCUT2D eigenvalue weighted by atomic mass is 19.4.